The van der Waals surface area contributed by atoms with Crippen LogP contribution in [0.3, 0.4) is 0 Å². The molecule has 9 heteroatoms. The van der Waals surface area contributed by atoms with Crippen molar-refractivity contribution in [2.45, 2.75) is 57.1 Å². The average Bonchev–Trinajstić information content (AvgIpc) is 3.05. The highest BCUT2D eigenvalue weighted by Gasteiger charge is 2.60. The average molecular weight is 416 g/mol. The van der Waals surface area contributed by atoms with E-state index in [4.69, 9.17) is 4.74 Å². The molecule has 0 unspecified atom stereocenters. The summed E-state index contributed by atoms with van der Waals surface area (Å²) in [5.74, 6) is 0.601. The van der Waals surface area contributed by atoms with E-state index in [1.54, 1.807) is 18.7 Å². The van der Waals surface area contributed by atoms with Gasteiger partial charge in [-0.3, -0.25) is 18.7 Å². The molecule has 2 atom stereocenters. The lowest BCUT2D eigenvalue weighted by molar-refractivity contribution is -0.196. The second-order valence-electron chi connectivity index (χ2n) is 9.78. The zero-order valence-corrected chi connectivity index (χ0v) is 17.5. The summed E-state index contributed by atoms with van der Waals surface area (Å²) in [6.45, 7) is 0.315. The van der Waals surface area contributed by atoms with Gasteiger partial charge in [-0.2, -0.15) is 0 Å². The monoisotopic (exact) mass is 416 g/mol. The van der Waals surface area contributed by atoms with E-state index in [1.165, 1.54) is 15.5 Å². The predicted molar refractivity (Wildman–Crippen MR) is 108 cm³/mol. The Morgan fingerprint density at radius 2 is 1.93 bits per heavy atom. The molecule has 30 heavy (non-hydrogen) atoms. The van der Waals surface area contributed by atoms with Crippen LogP contribution in [0.25, 0.3) is 11.2 Å². The minimum atomic E-state index is -0.707. The fourth-order valence-corrected chi connectivity index (χ4v) is 6.59. The number of aliphatic hydroxyl groups is 1. The number of fused-ring (bicyclic) bond motifs is 1. The number of nitrogens with zero attached hydrogens (tertiary/aromatic N) is 4. The van der Waals surface area contributed by atoms with Crippen molar-refractivity contribution in [1.29, 1.82) is 0 Å². The molecule has 1 N–H and O–H groups in total. The van der Waals surface area contributed by atoms with Gasteiger partial charge in [0.2, 0.25) is 0 Å². The minimum Gasteiger partial charge on any atom is -0.465 e. The maximum atomic E-state index is 12.9. The zero-order chi connectivity index (χ0) is 21.3. The molecule has 0 saturated heterocycles. The highest BCUT2D eigenvalue weighted by Crippen LogP contribution is 2.61. The van der Waals surface area contributed by atoms with Crippen molar-refractivity contribution in [3.8, 4) is 0 Å². The molecule has 2 aromatic rings. The molecule has 4 bridgehead atoms. The van der Waals surface area contributed by atoms with Gasteiger partial charge in [0.1, 0.15) is 0 Å². The van der Waals surface area contributed by atoms with Crippen molar-refractivity contribution >= 4 is 17.1 Å². The molecule has 6 rings (SSSR count). The summed E-state index contributed by atoms with van der Waals surface area (Å²) in [4.78, 5) is 42.3. The second kappa shape index (κ2) is 6.54. The van der Waals surface area contributed by atoms with E-state index in [9.17, 15) is 19.5 Å². The first kappa shape index (κ1) is 19.5. The molecule has 4 fully saturated rings. The second-order valence-corrected chi connectivity index (χ2v) is 9.78. The number of rotatable bonds is 5. The molecule has 9 nitrogen and oxygen atoms in total. The molecule has 4 aliphatic rings. The number of hydrogen-bond acceptors (Lipinski definition) is 6. The Hall–Kier alpha value is -2.42. The van der Waals surface area contributed by atoms with Gasteiger partial charge < -0.3 is 14.4 Å². The number of imidazole rings is 1. The van der Waals surface area contributed by atoms with Crippen molar-refractivity contribution in [3.63, 3.8) is 0 Å². The Kier molecular flexibility index (Phi) is 4.26. The van der Waals surface area contributed by atoms with Crippen LogP contribution in [0.15, 0.2) is 15.9 Å². The SMILES string of the molecule is Cn1cnc2c1c(=O)n(CCCOC(=O)C13C[C@H]4C[C@@H](CC(O)(C4)C1)C3)c(=O)n2C. The van der Waals surface area contributed by atoms with E-state index in [2.05, 4.69) is 4.98 Å². The normalized spacial score (nSPS) is 32.1. The fourth-order valence-electron chi connectivity index (χ4n) is 6.59. The Balaban J connectivity index is 1.26. The molecule has 4 saturated carbocycles. The van der Waals surface area contributed by atoms with Gasteiger partial charge in [-0.25, -0.2) is 9.78 Å². The quantitative estimate of drug-likeness (QED) is 0.568. The first-order valence-corrected chi connectivity index (χ1v) is 10.7. The molecule has 0 spiro atoms. The third kappa shape index (κ3) is 2.85. The maximum Gasteiger partial charge on any atom is 0.332 e. The van der Waals surface area contributed by atoms with Crippen LogP contribution in [0.1, 0.15) is 44.9 Å². The molecule has 0 radical (unpaired) electrons. The van der Waals surface area contributed by atoms with Gasteiger partial charge in [0.15, 0.2) is 11.2 Å². The highest BCUT2D eigenvalue weighted by atomic mass is 16.5. The van der Waals surface area contributed by atoms with Crippen LogP contribution in [-0.4, -0.2) is 42.0 Å². The lowest BCUT2D eigenvalue weighted by atomic mass is 9.48. The van der Waals surface area contributed by atoms with Crippen LogP contribution in [-0.2, 0) is 30.2 Å². The Labute approximate surface area is 173 Å². The van der Waals surface area contributed by atoms with Gasteiger partial charge >= 0.3 is 11.7 Å². The molecule has 4 aliphatic carbocycles. The molecular formula is C21H28N4O5. The number of ether oxygens (including phenoxy) is 1. The van der Waals surface area contributed by atoms with Crippen molar-refractivity contribution in [1.82, 2.24) is 18.7 Å². The largest absolute Gasteiger partial charge is 0.465 e. The van der Waals surface area contributed by atoms with E-state index in [0.717, 1.165) is 32.1 Å². The van der Waals surface area contributed by atoms with E-state index in [0.29, 0.717) is 35.8 Å². The summed E-state index contributed by atoms with van der Waals surface area (Å²) in [7, 11) is 3.30. The Bertz CT molecular complexity index is 1130. The van der Waals surface area contributed by atoms with Gasteiger partial charge in [-0.05, 0) is 56.8 Å². The van der Waals surface area contributed by atoms with Gasteiger partial charge in [-0.1, -0.05) is 0 Å². The Morgan fingerprint density at radius 1 is 1.23 bits per heavy atom. The van der Waals surface area contributed by atoms with E-state index < -0.39 is 16.7 Å². The number of carbonyl (C=O) groups excluding carboxylic acids is 1. The zero-order valence-electron chi connectivity index (χ0n) is 17.5. The van der Waals surface area contributed by atoms with Gasteiger partial charge in [-0.15, -0.1) is 0 Å². The summed E-state index contributed by atoms with van der Waals surface area (Å²) >= 11 is 0. The third-order valence-corrected chi connectivity index (χ3v) is 7.42. The molecule has 0 aromatic carbocycles. The topological polar surface area (TPSA) is 108 Å². The van der Waals surface area contributed by atoms with Crippen molar-refractivity contribution < 1.29 is 14.6 Å². The lowest BCUT2D eigenvalue weighted by Gasteiger charge is -2.58. The van der Waals surface area contributed by atoms with Crippen LogP contribution < -0.4 is 11.2 Å². The van der Waals surface area contributed by atoms with E-state index in [-0.39, 0.29) is 24.7 Å². The Morgan fingerprint density at radius 3 is 2.60 bits per heavy atom. The smallest absolute Gasteiger partial charge is 0.332 e. The predicted octanol–water partition coefficient (Wildman–Crippen LogP) is 0.698. The fraction of sp³-hybridized carbons (Fsp3) is 0.714. The molecular weight excluding hydrogens is 388 g/mol. The van der Waals surface area contributed by atoms with Gasteiger partial charge in [0.05, 0.1) is 24.0 Å². The number of aromatic nitrogens is 4. The molecule has 2 heterocycles. The van der Waals surface area contributed by atoms with Crippen LogP contribution in [0.2, 0.25) is 0 Å². The minimum absolute atomic E-state index is 0.146. The maximum absolute atomic E-state index is 12.9. The number of esters is 1. The molecule has 0 aliphatic heterocycles. The summed E-state index contributed by atoms with van der Waals surface area (Å²) in [6.07, 6.45) is 6.73. The molecule has 2 aromatic heterocycles. The summed E-state index contributed by atoms with van der Waals surface area (Å²) in [5.41, 5.74) is -1.35. The van der Waals surface area contributed by atoms with Crippen LogP contribution in [0.4, 0.5) is 0 Å². The third-order valence-electron chi connectivity index (χ3n) is 7.42. The van der Waals surface area contributed by atoms with Crippen LogP contribution >= 0.6 is 0 Å². The number of aryl methyl sites for hydroxylation is 2. The van der Waals surface area contributed by atoms with Gasteiger partial charge in [0, 0.05) is 20.6 Å². The van der Waals surface area contributed by atoms with Crippen molar-refractivity contribution in [2.24, 2.45) is 31.3 Å². The van der Waals surface area contributed by atoms with Gasteiger partial charge in [0.25, 0.3) is 5.56 Å². The van der Waals surface area contributed by atoms with Crippen molar-refractivity contribution in [2.75, 3.05) is 6.61 Å². The van der Waals surface area contributed by atoms with E-state index in [1.807, 2.05) is 0 Å². The first-order chi connectivity index (χ1) is 14.2. The van der Waals surface area contributed by atoms with Crippen LogP contribution in [0.5, 0.6) is 0 Å². The first-order valence-electron chi connectivity index (χ1n) is 10.7. The molecule has 0 amide bonds. The molecule has 162 valence electrons. The standard InChI is InChI=1S/C21H28N4O5/c1-23-12-22-16-15(23)17(26)25(19(28)24(16)2)4-3-5-30-18(27)20-7-13-6-14(8-20)10-21(29,9-13)11-20/h12-14,29H,3-11H2,1-2H3/t13-,14-,20?,21?/m1/s1. The van der Waals surface area contributed by atoms with E-state index >= 15 is 0 Å². The number of carbonyl (C=O) groups is 1. The summed E-state index contributed by atoms with van der Waals surface area (Å²) in [6, 6.07) is 0. The van der Waals surface area contributed by atoms with Crippen molar-refractivity contribution in [3.05, 3.63) is 27.2 Å². The number of hydrogen-bond donors (Lipinski definition) is 1. The highest BCUT2D eigenvalue weighted by molar-refractivity contribution is 5.77. The summed E-state index contributed by atoms with van der Waals surface area (Å²) < 4.78 is 9.74. The summed E-state index contributed by atoms with van der Waals surface area (Å²) in [5, 5.41) is 10.8. The van der Waals surface area contributed by atoms with Crippen LogP contribution in [0, 0.1) is 17.3 Å². The lowest BCUT2D eigenvalue weighted by Crippen LogP contribution is -2.58.